The largest absolute Gasteiger partial charge is 0.462 e. The second-order valence-electron chi connectivity index (χ2n) is 4.24. The number of carbonyl (C=O) groups is 1. The highest BCUT2D eigenvalue weighted by molar-refractivity contribution is 7.91. The smallest absolute Gasteiger partial charge is 0.341 e. The lowest BCUT2D eigenvalue weighted by molar-refractivity contribution is 0.0522. The zero-order chi connectivity index (χ0) is 14.8. The van der Waals surface area contributed by atoms with Gasteiger partial charge < -0.3 is 9.30 Å². The van der Waals surface area contributed by atoms with Gasteiger partial charge in [-0.1, -0.05) is 18.2 Å². The molecule has 0 saturated carbocycles. The molecular formula is C14H15NO4S. The van der Waals surface area contributed by atoms with Crippen LogP contribution in [0.1, 0.15) is 17.3 Å². The zero-order valence-electron chi connectivity index (χ0n) is 11.2. The predicted octanol–water partition coefficient (Wildman–Crippen LogP) is 2.03. The van der Waals surface area contributed by atoms with Gasteiger partial charge in [-0.2, -0.15) is 0 Å². The van der Waals surface area contributed by atoms with Crippen LogP contribution in [0.2, 0.25) is 0 Å². The lowest BCUT2D eigenvalue weighted by Gasteiger charge is -2.05. The minimum Gasteiger partial charge on any atom is -0.462 e. The van der Waals surface area contributed by atoms with Gasteiger partial charge in [0.15, 0.2) is 0 Å². The van der Waals surface area contributed by atoms with Crippen LogP contribution < -0.4 is 0 Å². The van der Waals surface area contributed by atoms with Crippen LogP contribution in [0.3, 0.4) is 0 Å². The van der Waals surface area contributed by atoms with Gasteiger partial charge in [0.25, 0.3) is 0 Å². The second-order valence-corrected chi connectivity index (χ2v) is 6.16. The van der Waals surface area contributed by atoms with Crippen LogP contribution in [0.25, 0.3) is 0 Å². The number of benzene rings is 1. The molecule has 2 rings (SSSR count). The quantitative estimate of drug-likeness (QED) is 0.809. The number of nitrogens with zero attached hydrogens (tertiary/aromatic N) is 1. The molecule has 0 fully saturated rings. The number of rotatable bonds is 4. The fraction of sp³-hybridized carbons (Fsp3) is 0.214. The van der Waals surface area contributed by atoms with E-state index < -0.39 is 15.8 Å². The summed E-state index contributed by atoms with van der Waals surface area (Å²) in [5, 5.41) is 0. The van der Waals surface area contributed by atoms with Crippen LogP contribution in [0.5, 0.6) is 0 Å². The van der Waals surface area contributed by atoms with Gasteiger partial charge in [-0.05, 0) is 19.1 Å². The van der Waals surface area contributed by atoms with Crippen molar-refractivity contribution in [3.8, 4) is 0 Å². The molecule has 1 heterocycles. The van der Waals surface area contributed by atoms with Crippen molar-refractivity contribution < 1.29 is 17.9 Å². The Hall–Kier alpha value is -2.08. The van der Waals surface area contributed by atoms with E-state index >= 15 is 0 Å². The first kappa shape index (κ1) is 14.3. The monoisotopic (exact) mass is 293 g/mol. The molecule has 1 aromatic heterocycles. The average Bonchev–Trinajstić information content (AvgIpc) is 2.83. The lowest BCUT2D eigenvalue weighted by atomic mass is 10.3. The van der Waals surface area contributed by atoms with Crippen molar-refractivity contribution in [2.75, 3.05) is 6.61 Å². The Kier molecular flexibility index (Phi) is 3.94. The van der Waals surface area contributed by atoms with E-state index in [9.17, 15) is 13.2 Å². The zero-order valence-corrected chi connectivity index (χ0v) is 12.1. The molecule has 0 aliphatic rings. The summed E-state index contributed by atoms with van der Waals surface area (Å²) in [6.07, 6.45) is 2.86. The van der Waals surface area contributed by atoms with Crippen molar-refractivity contribution in [3.63, 3.8) is 0 Å². The van der Waals surface area contributed by atoms with E-state index in [1.54, 1.807) is 32.2 Å². The summed E-state index contributed by atoms with van der Waals surface area (Å²) in [4.78, 5) is 12.0. The van der Waals surface area contributed by atoms with Crippen molar-refractivity contribution in [3.05, 3.63) is 48.3 Å². The Balaban J connectivity index is 2.56. The predicted molar refractivity (Wildman–Crippen MR) is 73.3 cm³/mol. The molecule has 5 nitrogen and oxygen atoms in total. The van der Waals surface area contributed by atoms with Crippen molar-refractivity contribution in [1.29, 1.82) is 0 Å². The first-order valence-electron chi connectivity index (χ1n) is 6.10. The molecule has 0 radical (unpaired) electrons. The van der Waals surface area contributed by atoms with Gasteiger partial charge in [0.2, 0.25) is 9.84 Å². The lowest BCUT2D eigenvalue weighted by Crippen LogP contribution is -2.10. The summed E-state index contributed by atoms with van der Waals surface area (Å²) in [5.41, 5.74) is 0.0539. The van der Waals surface area contributed by atoms with Crippen molar-refractivity contribution >= 4 is 15.8 Å². The van der Waals surface area contributed by atoms with Gasteiger partial charge in [0.05, 0.1) is 17.1 Å². The summed E-state index contributed by atoms with van der Waals surface area (Å²) in [6, 6.07) is 8.00. The van der Waals surface area contributed by atoms with E-state index in [2.05, 4.69) is 0 Å². The van der Waals surface area contributed by atoms with E-state index in [0.717, 1.165) is 0 Å². The highest BCUT2D eigenvalue weighted by Crippen LogP contribution is 2.25. The van der Waals surface area contributed by atoms with E-state index in [1.807, 2.05) is 0 Å². The second kappa shape index (κ2) is 5.50. The molecule has 0 saturated heterocycles. The Morgan fingerprint density at radius 3 is 2.45 bits per heavy atom. The SMILES string of the molecule is CCOC(=O)c1cn(C)cc1S(=O)(=O)c1ccccc1. The summed E-state index contributed by atoms with van der Waals surface area (Å²) < 4.78 is 31.5. The van der Waals surface area contributed by atoms with Crippen LogP contribution in [-0.2, 0) is 21.6 Å². The topological polar surface area (TPSA) is 65.4 Å². The minimum absolute atomic E-state index is 0.0374. The van der Waals surface area contributed by atoms with Gasteiger partial charge in [-0.15, -0.1) is 0 Å². The Labute approximate surface area is 117 Å². The first-order chi connectivity index (χ1) is 9.46. The molecule has 0 aliphatic carbocycles. The molecule has 0 spiro atoms. The summed E-state index contributed by atoms with van der Waals surface area (Å²) in [5.74, 6) is -0.636. The van der Waals surface area contributed by atoms with Crippen LogP contribution in [-0.4, -0.2) is 25.6 Å². The third-order valence-electron chi connectivity index (χ3n) is 2.76. The van der Waals surface area contributed by atoms with Crippen molar-refractivity contribution in [2.45, 2.75) is 16.7 Å². The number of esters is 1. The van der Waals surface area contributed by atoms with Gasteiger partial charge >= 0.3 is 5.97 Å². The molecule has 0 amide bonds. The maximum atomic E-state index is 12.6. The van der Waals surface area contributed by atoms with E-state index in [4.69, 9.17) is 4.74 Å². The third kappa shape index (κ3) is 2.60. The van der Waals surface area contributed by atoms with E-state index in [-0.39, 0.29) is 22.0 Å². The third-order valence-corrected chi connectivity index (χ3v) is 4.55. The number of aromatic nitrogens is 1. The molecule has 0 N–H and O–H groups in total. The van der Waals surface area contributed by atoms with Gasteiger partial charge in [-0.3, -0.25) is 0 Å². The fourth-order valence-corrected chi connectivity index (χ4v) is 3.36. The van der Waals surface area contributed by atoms with Crippen LogP contribution in [0.15, 0.2) is 52.5 Å². The highest BCUT2D eigenvalue weighted by atomic mass is 32.2. The summed E-state index contributed by atoms with van der Waals surface area (Å²) in [7, 11) is -2.07. The number of hydrogen-bond donors (Lipinski definition) is 0. The van der Waals surface area contributed by atoms with Crippen LogP contribution in [0, 0.1) is 0 Å². The number of carbonyl (C=O) groups excluding carboxylic acids is 1. The molecule has 0 bridgehead atoms. The van der Waals surface area contributed by atoms with Crippen LogP contribution >= 0.6 is 0 Å². The molecule has 0 aliphatic heterocycles. The average molecular weight is 293 g/mol. The Morgan fingerprint density at radius 1 is 1.20 bits per heavy atom. The number of aryl methyl sites for hydroxylation is 1. The van der Waals surface area contributed by atoms with Gasteiger partial charge in [0.1, 0.15) is 4.90 Å². The summed E-state index contributed by atoms with van der Waals surface area (Å²) >= 11 is 0. The first-order valence-corrected chi connectivity index (χ1v) is 7.58. The minimum atomic E-state index is -3.73. The molecule has 106 valence electrons. The number of ether oxygens (including phenoxy) is 1. The Bertz CT molecular complexity index is 717. The van der Waals surface area contributed by atoms with Gasteiger partial charge in [0, 0.05) is 19.4 Å². The maximum absolute atomic E-state index is 12.6. The fourth-order valence-electron chi connectivity index (χ4n) is 1.86. The number of sulfone groups is 1. The maximum Gasteiger partial charge on any atom is 0.341 e. The van der Waals surface area contributed by atoms with E-state index in [0.29, 0.717) is 0 Å². The molecule has 20 heavy (non-hydrogen) atoms. The van der Waals surface area contributed by atoms with Gasteiger partial charge in [-0.25, -0.2) is 13.2 Å². The van der Waals surface area contributed by atoms with E-state index in [1.165, 1.54) is 29.1 Å². The molecule has 1 aromatic carbocycles. The van der Waals surface area contributed by atoms with Crippen molar-refractivity contribution in [1.82, 2.24) is 4.57 Å². The Morgan fingerprint density at radius 2 is 1.85 bits per heavy atom. The normalized spacial score (nSPS) is 11.3. The molecule has 6 heteroatoms. The van der Waals surface area contributed by atoms with Crippen LogP contribution in [0.4, 0.5) is 0 Å². The number of hydrogen-bond acceptors (Lipinski definition) is 4. The van der Waals surface area contributed by atoms with Crippen molar-refractivity contribution in [2.24, 2.45) is 7.05 Å². The molecule has 0 atom stereocenters. The highest BCUT2D eigenvalue weighted by Gasteiger charge is 2.26. The standard InChI is InChI=1S/C14H15NO4S/c1-3-19-14(16)12-9-15(2)10-13(12)20(17,18)11-7-5-4-6-8-11/h4-10H,3H2,1-2H3. The molecular weight excluding hydrogens is 278 g/mol. The molecule has 0 unspecified atom stereocenters. The molecule has 2 aromatic rings. The summed E-state index contributed by atoms with van der Waals surface area (Å²) in [6.45, 7) is 1.87.